The Morgan fingerprint density at radius 1 is 1.29 bits per heavy atom. The predicted octanol–water partition coefficient (Wildman–Crippen LogP) is 2.78. The third kappa shape index (κ3) is 4.84. The highest BCUT2D eigenvalue weighted by molar-refractivity contribution is 5.30. The van der Waals surface area contributed by atoms with Gasteiger partial charge in [0.25, 0.3) is 0 Å². The van der Waals surface area contributed by atoms with Crippen LogP contribution in [-0.2, 0) is 0 Å². The molecule has 1 saturated carbocycles. The van der Waals surface area contributed by atoms with Gasteiger partial charge in [0.1, 0.15) is 0 Å². The Kier molecular flexibility index (Phi) is 5.79. The van der Waals surface area contributed by atoms with E-state index in [0.717, 1.165) is 18.7 Å². The monoisotopic (exact) mass is 293 g/mol. The number of aliphatic hydroxyl groups excluding tert-OH is 1. The van der Waals surface area contributed by atoms with Gasteiger partial charge in [0.2, 0.25) is 11.8 Å². The Morgan fingerprint density at radius 2 is 2.00 bits per heavy atom. The zero-order valence-corrected chi connectivity index (χ0v) is 13.3. The summed E-state index contributed by atoms with van der Waals surface area (Å²) in [4.78, 5) is 8.81. The van der Waals surface area contributed by atoms with Crippen molar-refractivity contribution in [1.29, 1.82) is 0 Å². The molecule has 0 amide bonds. The number of rotatable bonds is 6. The van der Waals surface area contributed by atoms with Gasteiger partial charge in [0.15, 0.2) is 0 Å². The molecule has 1 fully saturated rings. The topological polar surface area (TPSA) is 67.3 Å². The van der Waals surface area contributed by atoms with E-state index in [1.807, 2.05) is 26.8 Å². The number of ether oxygens (including phenoxy) is 1. The molecule has 5 nitrogen and oxygen atoms in total. The minimum absolute atomic E-state index is 0.101. The van der Waals surface area contributed by atoms with E-state index in [4.69, 9.17) is 4.74 Å². The van der Waals surface area contributed by atoms with Gasteiger partial charge in [-0.05, 0) is 45.4 Å². The molecule has 0 spiro atoms. The number of nitrogens with zero attached hydrogens (tertiary/aromatic N) is 2. The van der Waals surface area contributed by atoms with Gasteiger partial charge in [0.05, 0.1) is 6.10 Å². The van der Waals surface area contributed by atoms with Crippen LogP contribution < -0.4 is 10.1 Å². The highest BCUT2D eigenvalue weighted by Crippen LogP contribution is 2.29. The van der Waals surface area contributed by atoms with Crippen LogP contribution in [0.3, 0.4) is 0 Å². The summed E-state index contributed by atoms with van der Waals surface area (Å²) >= 11 is 0. The second kappa shape index (κ2) is 7.59. The molecule has 1 aliphatic rings. The normalized spacial score (nSPS) is 22.3. The first kappa shape index (κ1) is 16.0. The van der Waals surface area contributed by atoms with Crippen molar-refractivity contribution < 1.29 is 9.84 Å². The third-order valence-electron chi connectivity index (χ3n) is 4.01. The standard InChI is InChI=1S/C16H27N3O2/c1-11(2)21-15-8-12(3)18-16(19-15)17-9-13-6-4-5-7-14(13)10-20/h8,11,13-14,20H,4-7,9-10H2,1-3H3,(H,17,18,19). The quantitative estimate of drug-likeness (QED) is 0.844. The second-order valence-electron chi connectivity index (χ2n) is 6.21. The third-order valence-corrected chi connectivity index (χ3v) is 4.01. The summed E-state index contributed by atoms with van der Waals surface area (Å²) in [6.45, 7) is 7.01. The summed E-state index contributed by atoms with van der Waals surface area (Å²) < 4.78 is 5.64. The average Bonchev–Trinajstić information content (AvgIpc) is 2.44. The van der Waals surface area contributed by atoms with Crippen molar-refractivity contribution in [1.82, 2.24) is 9.97 Å². The summed E-state index contributed by atoms with van der Waals surface area (Å²) in [5, 5.41) is 12.8. The molecule has 21 heavy (non-hydrogen) atoms. The van der Waals surface area contributed by atoms with Gasteiger partial charge >= 0.3 is 0 Å². The van der Waals surface area contributed by atoms with E-state index in [9.17, 15) is 5.11 Å². The number of aryl methyl sites for hydroxylation is 1. The maximum Gasteiger partial charge on any atom is 0.226 e. The first-order valence-electron chi connectivity index (χ1n) is 7.95. The molecule has 1 heterocycles. The lowest BCUT2D eigenvalue weighted by atomic mass is 9.80. The van der Waals surface area contributed by atoms with Gasteiger partial charge in [-0.1, -0.05) is 12.8 Å². The van der Waals surface area contributed by atoms with Crippen LogP contribution in [0.2, 0.25) is 0 Å². The van der Waals surface area contributed by atoms with Crippen LogP contribution in [0.15, 0.2) is 6.07 Å². The minimum Gasteiger partial charge on any atom is -0.475 e. The molecule has 0 aromatic carbocycles. The number of nitrogens with one attached hydrogen (secondary N) is 1. The zero-order chi connectivity index (χ0) is 15.2. The highest BCUT2D eigenvalue weighted by Gasteiger charge is 2.24. The number of aliphatic hydroxyl groups is 1. The van der Waals surface area contributed by atoms with Gasteiger partial charge in [-0.3, -0.25) is 0 Å². The van der Waals surface area contributed by atoms with Crippen LogP contribution in [0.1, 0.15) is 45.2 Å². The smallest absolute Gasteiger partial charge is 0.226 e. The fourth-order valence-electron chi connectivity index (χ4n) is 2.94. The first-order valence-corrected chi connectivity index (χ1v) is 7.95. The van der Waals surface area contributed by atoms with Gasteiger partial charge < -0.3 is 15.2 Å². The highest BCUT2D eigenvalue weighted by atomic mass is 16.5. The van der Waals surface area contributed by atoms with Crippen LogP contribution >= 0.6 is 0 Å². The molecule has 0 aliphatic heterocycles. The lowest BCUT2D eigenvalue weighted by Crippen LogP contribution is -2.29. The van der Waals surface area contributed by atoms with E-state index in [1.165, 1.54) is 19.3 Å². The average molecular weight is 293 g/mol. The van der Waals surface area contributed by atoms with E-state index < -0.39 is 0 Å². The molecule has 2 N–H and O–H groups in total. The molecule has 0 radical (unpaired) electrons. The first-order chi connectivity index (χ1) is 10.1. The van der Waals surface area contributed by atoms with Crippen molar-refractivity contribution in [2.75, 3.05) is 18.5 Å². The lowest BCUT2D eigenvalue weighted by Gasteiger charge is -2.30. The number of hydrogen-bond donors (Lipinski definition) is 2. The fraction of sp³-hybridized carbons (Fsp3) is 0.750. The summed E-state index contributed by atoms with van der Waals surface area (Å²) in [6.07, 6.45) is 4.87. The van der Waals surface area contributed by atoms with Crippen molar-refractivity contribution in [3.63, 3.8) is 0 Å². The van der Waals surface area contributed by atoms with E-state index >= 15 is 0 Å². The summed E-state index contributed by atoms with van der Waals surface area (Å²) in [6, 6.07) is 1.85. The molecule has 2 rings (SSSR count). The Hall–Kier alpha value is -1.36. The van der Waals surface area contributed by atoms with Crippen molar-refractivity contribution in [2.24, 2.45) is 11.8 Å². The summed E-state index contributed by atoms with van der Waals surface area (Å²) in [5.74, 6) is 2.14. The second-order valence-corrected chi connectivity index (χ2v) is 6.21. The van der Waals surface area contributed by atoms with Gasteiger partial charge in [-0.2, -0.15) is 4.98 Å². The molecular weight excluding hydrogens is 266 g/mol. The van der Waals surface area contributed by atoms with Crippen LogP contribution in [0, 0.1) is 18.8 Å². The maximum atomic E-state index is 9.47. The molecule has 1 aromatic heterocycles. The SMILES string of the molecule is Cc1cc(OC(C)C)nc(NCC2CCCCC2CO)n1. The minimum atomic E-state index is 0.101. The Bertz CT molecular complexity index is 451. The van der Waals surface area contributed by atoms with Crippen LogP contribution in [0.4, 0.5) is 5.95 Å². The Balaban J connectivity index is 1.97. The molecule has 1 aromatic rings. The van der Waals surface area contributed by atoms with E-state index in [-0.39, 0.29) is 12.7 Å². The molecule has 118 valence electrons. The Morgan fingerprint density at radius 3 is 2.67 bits per heavy atom. The Labute approximate surface area is 127 Å². The molecule has 5 heteroatoms. The lowest BCUT2D eigenvalue weighted by molar-refractivity contribution is 0.141. The molecule has 2 unspecified atom stereocenters. The van der Waals surface area contributed by atoms with Crippen LogP contribution in [0.25, 0.3) is 0 Å². The number of aromatic nitrogens is 2. The largest absolute Gasteiger partial charge is 0.475 e. The maximum absolute atomic E-state index is 9.47. The van der Waals surface area contributed by atoms with Crippen molar-refractivity contribution in [2.45, 2.75) is 52.6 Å². The van der Waals surface area contributed by atoms with Gasteiger partial charge in [-0.15, -0.1) is 0 Å². The molecule has 2 atom stereocenters. The summed E-state index contributed by atoms with van der Waals surface area (Å²) in [5.41, 5.74) is 0.894. The summed E-state index contributed by atoms with van der Waals surface area (Å²) in [7, 11) is 0. The van der Waals surface area contributed by atoms with E-state index in [2.05, 4.69) is 15.3 Å². The molecule has 0 saturated heterocycles. The van der Waals surface area contributed by atoms with Crippen molar-refractivity contribution >= 4 is 5.95 Å². The van der Waals surface area contributed by atoms with Gasteiger partial charge in [-0.25, -0.2) is 4.98 Å². The van der Waals surface area contributed by atoms with Crippen LogP contribution in [-0.4, -0.2) is 34.3 Å². The van der Waals surface area contributed by atoms with Crippen LogP contribution in [0.5, 0.6) is 5.88 Å². The van der Waals surface area contributed by atoms with E-state index in [1.54, 1.807) is 0 Å². The van der Waals surface area contributed by atoms with Gasteiger partial charge in [0, 0.05) is 24.9 Å². The molecule has 1 aliphatic carbocycles. The predicted molar refractivity (Wildman–Crippen MR) is 83.6 cm³/mol. The zero-order valence-electron chi connectivity index (χ0n) is 13.3. The van der Waals surface area contributed by atoms with Crippen molar-refractivity contribution in [3.05, 3.63) is 11.8 Å². The van der Waals surface area contributed by atoms with Crippen molar-refractivity contribution in [3.8, 4) is 5.88 Å². The fourth-order valence-corrected chi connectivity index (χ4v) is 2.94. The number of anilines is 1. The van der Waals surface area contributed by atoms with E-state index in [0.29, 0.717) is 23.7 Å². The number of hydrogen-bond acceptors (Lipinski definition) is 5. The molecular formula is C16H27N3O2. The molecule has 0 bridgehead atoms.